The summed E-state index contributed by atoms with van der Waals surface area (Å²) < 4.78 is 17.3. The van der Waals surface area contributed by atoms with Crippen molar-refractivity contribution in [3.8, 4) is 5.75 Å². The summed E-state index contributed by atoms with van der Waals surface area (Å²) in [5, 5.41) is 3.96. The van der Waals surface area contributed by atoms with E-state index in [9.17, 15) is 4.89 Å². The van der Waals surface area contributed by atoms with E-state index in [0.29, 0.717) is 26.3 Å². The molecular weight excluding hydrogens is 335 g/mol. The molecule has 1 unspecified atom stereocenters. The summed E-state index contributed by atoms with van der Waals surface area (Å²) in [5.74, 6) is 0.769. The van der Waals surface area contributed by atoms with Crippen LogP contribution in [0.25, 0.3) is 0 Å². The van der Waals surface area contributed by atoms with Gasteiger partial charge in [-0.25, -0.2) is 4.67 Å². The van der Waals surface area contributed by atoms with E-state index in [0.717, 1.165) is 37.4 Å². The zero-order valence-electron chi connectivity index (χ0n) is 13.4. The topological polar surface area (TPSA) is 63.2 Å². The zero-order valence-corrected chi connectivity index (χ0v) is 15.2. The fourth-order valence-electron chi connectivity index (χ4n) is 2.28. The van der Waals surface area contributed by atoms with Crippen molar-refractivity contribution >= 4 is 23.5 Å². The zero-order chi connectivity index (χ0) is 16.5. The largest absolute Gasteiger partial charge is 0.497 e. The first-order valence-corrected chi connectivity index (χ1v) is 10.4. The van der Waals surface area contributed by atoms with Crippen LogP contribution >= 0.6 is 6.42 Å². The van der Waals surface area contributed by atoms with E-state index in [1.807, 2.05) is 28.9 Å². The van der Waals surface area contributed by atoms with Crippen LogP contribution in [0.2, 0.25) is 0 Å². The van der Waals surface area contributed by atoms with Crippen molar-refractivity contribution in [1.82, 2.24) is 9.99 Å². The number of hydrogen-bond donors (Lipinski definition) is 2. The molecule has 1 aromatic rings. The number of nitrogens with one attached hydrogen (secondary N) is 1. The van der Waals surface area contributed by atoms with Gasteiger partial charge in [-0.15, -0.1) is 0 Å². The van der Waals surface area contributed by atoms with Gasteiger partial charge in [0.15, 0.2) is 6.42 Å². The van der Waals surface area contributed by atoms with E-state index < -0.39 is 6.42 Å². The molecule has 0 radical (unpaired) electrons. The Bertz CT molecular complexity index is 493. The lowest BCUT2D eigenvalue weighted by Crippen LogP contribution is -2.36. The minimum Gasteiger partial charge on any atom is -0.497 e. The van der Waals surface area contributed by atoms with Gasteiger partial charge in [-0.2, -0.15) is 0 Å². The van der Waals surface area contributed by atoms with Gasteiger partial charge in [0.1, 0.15) is 5.75 Å². The Morgan fingerprint density at radius 1 is 1.09 bits per heavy atom. The SMILES string of the molecule is C1COCCN1.COc1ccc(P(O)(=S)N2CCOCC2)cc1. The van der Waals surface area contributed by atoms with Crippen LogP contribution in [-0.4, -0.2) is 69.3 Å². The van der Waals surface area contributed by atoms with E-state index in [4.69, 9.17) is 26.0 Å². The third-order valence-corrected chi connectivity index (χ3v) is 7.09. The Kier molecular flexibility index (Phi) is 7.92. The molecule has 8 heteroatoms. The van der Waals surface area contributed by atoms with Gasteiger partial charge < -0.3 is 24.4 Å². The van der Waals surface area contributed by atoms with E-state index in [-0.39, 0.29) is 0 Å². The first-order valence-electron chi connectivity index (χ1n) is 7.73. The molecule has 6 nitrogen and oxygen atoms in total. The monoisotopic (exact) mass is 360 g/mol. The predicted octanol–water partition coefficient (Wildman–Crippen LogP) is 0.561. The van der Waals surface area contributed by atoms with Crippen LogP contribution in [0.15, 0.2) is 24.3 Å². The van der Waals surface area contributed by atoms with Gasteiger partial charge >= 0.3 is 0 Å². The molecule has 0 bridgehead atoms. The molecule has 2 aliphatic rings. The molecule has 2 saturated heterocycles. The molecule has 0 saturated carbocycles. The van der Waals surface area contributed by atoms with Crippen molar-refractivity contribution in [2.45, 2.75) is 0 Å². The van der Waals surface area contributed by atoms with E-state index in [1.165, 1.54) is 0 Å². The average Bonchev–Trinajstić information content (AvgIpc) is 2.64. The second-order valence-corrected chi connectivity index (χ2v) is 8.87. The molecular formula is C15H25N2O4PS. The molecule has 130 valence electrons. The molecule has 1 atom stereocenters. The van der Waals surface area contributed by atoms with Crippen molar-refractivity contribution in [2.24, 2.45) is 0 Å². The van der Waals surface area contributed by atoms with Crippen LogP contribution in [0, 0.1) is 0 Å². The highest BCUT2D eigenvalue weighted by Gasteiger charge is 2.26. The van der Waals surface area contributed by atoms with Gasteiger partial charge in [0.2, 0.25) is 0 Å². The fourth-order valence-corrected chi connectivity index (χ4v) is 4.70. The van der Waals surface area contributed by atoms with Crippen molar-refractivity contribution in [3.63, 3.8) is 0 Å². The summed E-state index contributed by atoms with van der Waals surface area (Å²) in [6.07, 6.45) is -2.62. The van der Waals surface area contributed by atoms with E-state index in [2.05, 4.69) is 5.32 Å². The lowest BCUT2D eigenvalue weighted by molar-refractivity contribution is 0.0721. The maximum absolute atomic E-state index is 10.5. The van der Waals surface area contributed by atoms with Gasteiger partial charge in [0, 0.05) is 31.5 Å². The molecule has 1 aromatic carbocycles. The maximum Gasteiger partial charge on any atom is 0.159 e. The molecule has 2 N–H and O–H groups in total. The summed E-state index contributed by atoms with van der Waals surface area (Å²) in [6, 6.07) is 7.34. The molecule has 3 rings (SSSR count). The van der Waals surface area contributed by atoms with Gasteiger partial charge in [-0.1, -0.05) is 0 Å². The summed E-state index contributed by atoms with van der Waals surface area (Å²) in [5.41, 5.74) is 0. The summed E-state index contributed by atoms with van der Waals surface area (Å²) in [6.45, 7) is 6.49. The standard InChI is InChI=1S/C11H16NO3PS.C4H9NO/c1-14-10-2-4-11(5-3-10)16(13,17)12-6-8-15-9-7-12;1-3-6-4-2-5-1/h2-5H,6-9H2,1H3,(H,13,17);5H,1-4H2. The average molecular weight is 360 g/mol. The summed E-state index contributed by atoms with van der Waals surface area (Å²) in [4.78, 5) is 10.5. The second-order valence-electron chi connectivity index (χ2n) is 5.17. The highest BCUT2D eigenvalue weighted by molar-refractivity contribution is 8.14. The van der Waals surface area contributed by atoms with Gasteiger partial charge in [0.25, 0.3) is 0 Å². The van der Waals surface area contributed by atoms with E-state index in [1.54, 1.807) is 7.11 Å². The van der Waals surface area contributed by atoms with Crippen LogP contribution in [-0.2, 0) is 21.3 Å². The number of hydrogen-bond acceptors (Lipinski definition) is 5. The minimum atomic E-state index is -2.62. The number of ether oxygens (including phenoxy) is 3. The van der Waals surface area contributed by atoms with Gasteiger partial charge in [0.05, 0.1) is 33.5 Å². The first-order chi connectivity index (χ1) is 11.1. The second kappa shape index (κ2) is 9.69. The van der Waals surface area contributed by atoms with Crippen molar-refractivity contribution < 1.29 is 19.1 Å². The number of morpholine rings is 2. The van der Waals surface area contributed by atoms with Crippen LogP contribution < -0.4 is 15.4 Å². The number of rotatable bonds is 3. The lowest BCUT2D eigenvalue weighted by atomic mass is 10.3. The molecule has 2 aliphatic heterocycles. The molecule has 0 aliphatic carbocycles. The molecule has 23 heavy (non-hydrogen) atoms. The van der Waals surface area contributed by atoms with Crippen molar-refractivity contribution in [2.75, 3.05) is 59.7 Å². The Labute approximate surface area is 142 Å². The minimum absolute atomic E-state index is 0.634. The lowest BCUT2D eigenvalue weighted by Gasteiger charge is -2.33. The number of methoxy groups -OCH3 is 1. The van der Waals surface area contributed by atoms with Crippen LogP contribution in [0.3, 0.4) is 0 Å². The number of benzene rings is 1. The molecule has 2 heterocycles. The molecule has 2 fully saturated rings. The number of nitrogens with zero attached hydrogens (tertiary/aromatic N) is 1. The smallest absolute Gasteiger partial charge is 0.159 e. The quantitative estimate of drug-likeness (QED) is 0.764. The van der Waals surface area contributed by atoms with Crippen LogP contribution in [0.4, 0.5) is 0 Å². The Morgan fingerprint density at radius 3 is 2.09 bits per heavy atom. The van der Waals surface area contributed by atoms with Gasteiger partial charge in [-0.3, -0.25) is 0 Å². The Hall–Kier alpha value is -0.530. The van der Waals surface area contributed by atoms with Crippen LogP contribution in [0.1, 0.15) is 0 Å². The van der Waals surface area contributed by atoms with E-state index >= 15 is 0 Å². The third kappa shape index (κ3) is 5.80. The first kappa shape index (κ1) is 18.8. The third-order valence-electron chi connectivity index (χ3n) is 3.63. The van der Waals surface area contributed by atoms with Crippen molar-refractivity contribution in [3.05, 3.63) is 24.3 Å². The summed E-state index contributed by atoms with van der Waals surface area (Å²) >= 11 is 5.41. The molecule has 0 spiro atoms. The highest BCUT2D eigenvalue weighted by atomic mass is 32.4. The van der Waals surface area contributed by atoms with Crippen molar-refractivity contribution in [1.29, 1.82) is 0 Å². The molecule has 0 aromatic heterocycles. The normalized spacial score (nSPS) is 21.7. The predicted molar refractivity (Wildman–Crippen MR) is 95.2 cm³/mol. The maximum atomic E-state index is 10.5. The van der Waals surface area contributed by atoms with Crippen LogP contribution in [0.5, 0.6) is 5.75 Å². The Balaban J connectivity index is 0.000000268. The highest BCUT2D eigenvalue weighted by Crippen LogP contribution is 2.44. The Morgan fingerprint density at radius 2 is 1.65 bits per heavy atom. The molecule has 0 amide bonds. The fraction of sp³-hybridized carbons (Fsp3) is 0.600. The summed E-state index contributed by atoms with van der Waals surface area (Å²) in [7, 11) is 1.62. The van der Waals surface area contributed by atoms with Gasteiger partial charge in [-0.05, 0) is 36.1 Å².